The van der Waals surface area contributed by atoms with E-state index in [2.05, 4.69) is 4.90 Å². The molecule has 0 radical (unpaired) electrons. The van der Waals surface area contributed by atoms with Crippen LogP contribution in [0.15, 0.2) is 24.3 Å². The molecule has 2 aromatic rings. The van der Waals surface area contributed by atoms with Gasteiger partial charge in [0.25, 0.3) is 6.43 Å². The normalized spacial score (nSPS) is 13.7. The SMILES string of the molecule is CC.CN1CCCc2cc(-c3ccc(Cl)s3)c(C(F)F)cc21. The van der Waals surface area contributed by atoms with E-state index in [1.54, 1.807) is 12.1 Å². The largest absolute Gasteiger partial charge is 0.374 e. The molecule has 1 aliphatic heterocycles. The zero-order valence-corrected chi connectivity index (χ0v) is 14.6. The van der Waals surface area contributed by atoms with Gasteiger partial charge in [-0.05, 0) is 42.7 Å². The molecule has 0 fully saturated rings. The highest BCUT2D eigenvalue weighted by Gasteiger charge is 2.22. The summed E-state index contributed by atoms with van der Waals surface area (Å²) in [6.07, 6.45) is -0.483. The summed E-state index contributed by atoms with van der Waals surface area (Å²) in [5.41, 5.74) is 2.78. The Morgan fingerprint density at radius 1 is 1.23 bits per heavy atom. The fourth-order valence-corrected chi connectivity index (χ4v) is 3.77. The van der Waals surface area contributed by atoms with Gasteiger partial charge in [-0.3, -0.25) is 0 Å². The minimum atomic E-state index is -2.48. The predicted octanol–water partition coefficient (Wildman–Crippen LogP) is 6.41. The van der Waals surface area contributed by atoms with Crippen LogP contribution in [0.1, 0.15) is 37.8 Å². The number of alkyl halides is 2. The third-order valence-electron chi connectivity index (χ3n) is 3.68. The lowest BCUT2D eigenvalue weighted by Crippen LogP contribution is -2.24. The van der Waals surface area contributed by atoms with E-state index in [-0.39, 0.29) is 5.56 Å². The molecule has 1 nitrogen and oxygen atoms in total. The average Bonchev–Trinajstić information content (AvgIpc) is 2.95. The van der Waals surface area contributed by atoms with Crippen molar-refractivity contribution in [1.82, 2.24) is 0 Å². The maximum absolute atomic E-state index is 13.4. The molecule has 1 aromatic carbocycles. The lowest BCUT2D eigenvalue weighted by atomic mass is 9.95. The van der Waals surface area contributed by atoms with E-state index < -0.39 is 6.43 Å². The van der Waals surface area contributed by atoms with Crippen molar-refractivity contribution in [3.8, 4) is 10.4 Å². The first-order valence-electron chi connectivity index (χ1n) is 7.48. The van der Waals surface area contributed by atoms with Gasteiger partial charge in [-0.1, -0.05) is 25.4 Å². The number of hydrogen-bond acceptors (Lipinski definition) is 2. The van der Waals surface area contributed by atoms with E-state index in [1.165, 1.54) is 11.3 Å². The second-order valence-electron chi connectivity index (χ2n) is 5.00. The number of halogens is 3. The van der Waals surface area contributed by atoms with E-state index in [0.29, 0.717) is 9.90 Å². The Balaban J connectivity index is 0.000000847. The van der Waals surface area contributed by atoms with Crippen LogP contribution in [0.5, 0.6) is 0 Å². The van der Waals surface area contributed by atoms with Crippen molar-refractivity contribution < 1.29 is 8.78 Å². The smallest absolute Gasteiger partial charge is 0.264 e. The lowest BCUT2D eigenvalue weighted by Gasteiger charge is -2.29. The summed E-state index contributed by atoms with van der Waals surface area (Å²) in [5.74, 6) is 0. The second-order valence-corrected chi connectivity index (χ2v) is 6.71. The maximum atomic E-state index is 13.4. The van der Waals surface area contributed by atoms with Crippen LogP contribution < -0.4 is 4.90 Å². The molecule has 120 valence electrons. The van der Waals surface area contributed by atoms with Crippen LogP contribution >= 0.6 is 22.9 Å². The fraction of sp³-hybridized carbons (Fsp3) is 0.412. The van der Waals surface area contributed by atoms with Gasteiger partial charge in [-0.25, -0.2) is 8.78 Å². The zero-order chi connectivity index (χ0) is 16.3. The van der Waals surface area contributed by atoms with Crippen molar-refractivity contribution in [2.75, 3.05) is 18.5 Å². The Hall–Kier alpha value is -1.13. The van der Waals surface area contributed by atoms with E-state index in [0.717, 1.165) is 35.5 Å². The molecule has 0 saturated heterocycles. The number of hydrogen-bond donors (Lipinski definition) is 0. The summed E-state index contributed by atoms with van der Waals surface area (Å²) in [4.78, 5) is 2.86. The highest BCUT2D eigenvalue weighted by atomic mass is 35.5. The van der Waals surface area contributed by atoms with Crippen molar-refractivity contribution in [3.63, 3.8) is 0 Å². The minimum absolute atomic E-state index is 0.0935. The molecule has 0 spiro atoms. The molecule has 0 saturated carbocycles. The van der Waals surface area contributed by atoms with Crippen molar-refractivity contribution in [3.05, 3.63) is 39.7 Å². The minimum Gasteiger partial charge on any atom is -0.374 e. The Morgan fingerprint density at radius 2 is 1.95 bits per heavy atom. The predicted molar refractivity (Wildman–Crippen MR) is 92.7 cm³/mol. The highest BCUT2D eigenvalue weighted by molar-refractivity contribution is 7.19. The topological polar surface area (TPSA) is 3.24 Å². The molecular formula is C17H20ClF2NS. The van der Waals surface area contributed by atoms with Gasteiger partial charge in [0.2, 0.25) is 0 Å². The molecule has 22 heavy (non-hydrogen) atoms. The number of rotatable bonds is 2. The fourth-order valence-electron chi connectivity index (χ4n) is 2.68. The van der Waals surface area contributed by atoms with Gasteiger partial charge in [0.15, 0.2) is 0 Å². The Labute approximate surface area is 139 Å². The zero-order valence-electron chi connectivity index (χ0n) is 13.0. The third kappa shape index (κ3) is 3.44. The van der Waals surface area contributed by atoms with Crippen LogP contribution in [0.4, 0.5) is 14.5 Å². The van der Waals surface area contributed by atoms with Crippen molar-refractivity contribution in [2.45, 2.75) is 33.1 Å². The monoisotopic (exact) mass is 343 g/mol. The van der Waals surface area contributed by atoms with Gasteiger partial charge in [0, 0.05) is 35.3 Å². The van der Waals surface area contributed by atoms with E-state index >= 15 is 0 Å². The Bertz CT molecular complexity index is 640. The molecule has 0 bridgehead atoms. The average molecular weight is 344 g/mol. The van der Waals surface area contributed by atoms with Crippen LogP contribution in [-0.4, -0.2) is 13.6 Å². The second kappa shape index (κ2) is 7.42. The summed E-state index contributed by atoms with van der Waals surface area (Å²) in [7, 11) is 1.95. The standard InChI is InChI=1S/C15H14ClF2NS.C2H6/c1-19-6-2-3-9-7-10(13-4-5-14(16)20-13)11(15(17)18)8-12(9)19;1-2/h4-5,7-8,15H,2-3,6H2,1H3;1-2H3. The molecule has 3 rings (SSSR count). The van der Waals surface area contributed by atoms with Crippen LogP contribution in [0.3, 0.4) is 0 Å². The molecule has 0 unspecified atom stereocenters. The van der Waals surface area contributed by atoms with E-state index in [4.69, 9.17) is 11.6 Å². The summed E-state index contributed by atoms with van der Waals surface area (Å²) in [6, 6.07) is 7.12. The van der Waals surface area contributed by atoms with E-state index in [1.807, 2.05) is 33.0 Å². The summed E-state index contributed by atoms with van der Waals surface area (Å²) < 4.78 is 27.4. The number of nitrogens with zero attached hydrogens (tertiary/aromatic N) is 1. The lowest BCUT2D eigenvalue weighted by molar-refractivity contribution is 0.152. The van der Waals surface area contributed by atoms with Gasteiger partial charge in [0.1, 0.15) is 0 Å². The van der Waals surface area contributed by atoms with Gasteiger partial charge in [-0.15, -0.1) is 11.3 Å². The number of anilines is 1. The molecule has 2 heterocycles. The molecule has 0 N–H and O–H groups in total. The van der Waals surface area contributed by atoms with E-state index in [9.17, 15) is 8.78 Å². The first-order chi connectivity index (χ1) is 10.6. The van der Waals surface area contributed by atoms with Crippen molar-refractivity contribution in [2.24, 2.45) is 0 Å². The summed E-state index contributed by atoms with van der Waals surface area (Å²) in [6.45, 7) is 4.92. The van der Waals surface area contributed by atoms with Gasteiger partial charge >= 0.3 is 0 Å². The summed E-state index contributed by atoms with van der Waals surface area (Å²) in [5, 5.41) is 0. The molecule has 1 aromatic heterocycles. The molecule has 5 heteroatoms. The van der Waals surface area contributed by atoms with Crippen molar-refractivity contribution in [1.29, 1.82) is 0 Å². The Morgan fingerprint density at radius 3 is 2.55 bits per heavy atom. The van der Waals surface area contributed by atoms with Crippen LogP contribution in [-0.2, 0) is 6.42 Å². The number of aryl methyl sites for hydroxylation is 1. The summed E-state index contributed by atoms with van der Waals surface area (Å²) >= 11 is 7.27. The Kier molecular flexibility index (Phi) is 5.81. The van der Waals surface area contributed by atoms with Gasteiger partial charge < -0.3 is 4.90 Å². The molecular weight excluding hydrogens is 324 g/mol. The number of fused-ring (bicyclic) bond motifs is 1. The quantitative estimate of drug-likeness (QED) is 0.608. The van der Waals surface area contributed by atoms with Crippen LogP contribution in [0.2, 0.25) is 4.34 Å². The number of benzene rings is 1. The first kappa shape index (κ1) is 17.2. The maximum Gasteiger partial charge on any atom is 0.264 e. The van der Waals surface area contributed by atoms with Crippen LogP contribution in [0, 0.1) is 0 Å². The van der Waals surface area contributed by atoms with Gasteiger partial charge in [-0.2, -0.15) is 0 Å². The van der Waals surface area contributed by atoms with Crippen LogP contribution in [0.25, 0.3) is 10.4 Å². The van der Waals surface area contributed by atoms with Gasteiger partial charge in [0.05, 0.1) is 4.34 Å². The highest BCUT2D eigenvalue weighted by Crippen LogP contribution is 2.41. The molecule has 1 aliphatic rings. The third-order valence-corrected chi connectivity index (χ3v) is 4.94. The van der Waals surface area contributed by atoms with Crippen molar-refractivity contribution >= 4 is 28.6 Å². The number of thiophene rings is 1. The first-order valence-corrected chi connectivity index (χ1v) is 8.67. The molecule has 0 amide bonds. The molecule has 0 atom stereocenters. The molecule has 0 aliphatic carbocycles.